The maximum Gasteiger partial charge on any atom is 0.234 e. The molecular formula is C18H20N4OS. The van der Waals surface area contributed by atoms with Gasteiger partial charge in [0.15, 0.2) is 11.3 Å². The zero-order valence-electron chi connectivity index (χ0n) is 13.8. The quantitative estimate of drug-likeness (QED) is 0.801. The van der Waals surface area contributed by atoms with Crippen LogP contribution in [0.5, 0.6) is 0 Å². The van der Waals surface area contributed by atoms with Gasteiger partial charge in [-0.25, -0.2) is 4.98 Å². The predicted octanol–water partition coefficient (Wildman–Crippen LogP) is 3.35. The molecule has 0 saturated carbocycles. The topological polar surface area (TPSA) is 60.2 Å². The lowest BCUT2D eigenvalue weighted by atomic mass is 10.1. The van der Waals surface area contributed by atoms with Crippen LogP contribution in [0.15, 0.2) is 35.7 Å². The minimum Gasteiger partial charge on any atom is -0.310 e. The number of nitrogens with zero attached hydrogens (tertiary/aromatic N) is 4. The van der Waals surface area contributed by atoms with E-state index in [1.54, 1.807) is 9.80 Å². The maximum absolute atomic E-state index is 13.0. The normalized spacial score (nSPS) is 17.1. The standard InChI is InChI=1S/C18H20N4OS/c1-13(2)22(17(23)15-8-9-21(10-15)12-19)18-20-16(11-24-18)14-6-4-3-5-7-14/h3-7,11,13,15H,8-10H2,1-2H3. The van der Waals surface area contributed by atoms with Crippen LogP contribution in [0.2, 0.25) is 0 Å². The fourth-order valence-electron chi connectivity index (χ4n) is 2.94. The number of rotatable bonds is 4. The smallest absolute Gasteiger partial charge is 0.234 e. The van der Waals surface area contributed by atoms with Gasteiger partial charge in [-0.05, 0) is 20.3 Å². The molecule has 0 bridgehead atoms. The van der Waals surface area contributed by atoms with Crippen molar-refractivity contribution >= 4 is 22.4 Å². The van der Waals surface area contributed by atoms with Crippen LogP contribution in [0.3, 0.4) is 0 Å². The highest BCUT2D eigenvalue weighted by atomic mass is 32.1. The molecule has 2 aromatic rings. The molecule has 1 aliphatic rings. The van der Waals surface area contributed by atoms with Crippen molar-refractivity contribution in [2.45, 2.75) is 26.3 Å². The number of amides is 1. The summed E-state index contributed by atoms with van der Waals surface area (Å²) in [6, 6.07) is 10.00. The molecule has 1 atom stereocenters. The van der Waals surface area contributed by atoms with Crippen molar-refractivity contribution in [1.29, 1.82) is 5.26 Å². The largest absolute Gasteiger partial charge is 0.310 e. The Morgan fingerprint density at radius 1 is 1.42 bits per heavy atom. The summed E-state index contributed by atoms with van der Waals surface area (Å²) in [6.07, 6.45) is 2.86. The van der Waals surface area contributed by atoms with Crippen molar-refractivity contribution in [2.24, 2.45) is 5.92 Å². The van der Waals surface area contributed by atoms with E-state index in [1.807, 2.05) is 49.6 Å². The highest BCUT2D eigenvalue weighted by Crippen LogP contribution is 2.30. The van der Waals surface area contributed by atoms with Gasteiger partial charge in [-0.3, -0.25) is 9.69 Å². The van der Waals surface area contributed by atoms with Crippen LogP contribution < -0.4 is 4.90 Å². The van der Waals surface area contributed by atoms with Crippen molar-refractivity contribution in [3.8, 4) is 17.5 Å². The van der Waals surface area contributed by atoms with Crippen molar-refractivity contribution in [2.75, 3.05) is 18.0 Å². The number of hydrogen-bond acceptors (Lipinski definition) is 5. The van der Waals surface area contributed by atoms with Crippen molar-refractivity contribution in [3.05, 3.63) is 35.7 Å². The molecule has 0 spiro atoms. The van der Waals surface area contributed by atoms with Crippen molar-refractivity contribution < 1.29 is 4.79 Å². The van der Waals surface area contributed by atoms with E-state index in [0.717, 1.165) is 22.8 Å². The first-order valence-corrected chi connectivity index (χ1v) is 8.97. The zero-order chi connectivity index (χ0) is 17.1. The Bertz CT molecular complexity index is 750. The minimum absolute atomic E-state index is 0.0309. The van der Waals surface area contributed by atoms with Gasteiger partial charge in [0.25, 0.3) is 0 Å². The van der Waals surface area contributed by atoms with Gasteiger partial charge in [0, 0.05) is 30.1 Å². The number of thiazole rings is 1. The number of carbonyl (C=O) groups excluding carboxylic acids is 1. The lowest BCUT2D eigenvalue weighted by Gasteiger charge is -2.26. The van der Waals surface area contributed by atoms with E-state index >= 15 is 0 Å². The highest BCUT2D eigenvalue weighted by molar-refractivity contribution is 7.14. The highest BCUT2D eigenvalue weighted by Gasteiger charge is 2.34. The van der Waals surface area contributed by atoms with Gasteiger partial charge in [0.1, 0.15) is 0 Å². The van der Waals surface area contributed by atoms with E-state index < -0.39 is 0 Å². The molecule has 6 heteroatoms. The summed E-state index contributed by atoms with van der Waals surface area (Å²) in [7, 11) is 0. The van der Waals surface area contributed by atoms with Crippen LogP contribution in [0.1, 0.15) is 20.3 Å². The van der Waals surface area contributed by atoms with Crippen molar-refractivity contribution in [3.63, 3.8) is 0 Å². The number of carbonyl (C=O) groups is 1. The lowest BCUT2D eigenvalue weighted by Crippen LogP contribution is -2.41. The molecule has 2 heterocycles. The zero-order valence-corrected chi connectivity index (χ0v) is 14.7. The third kappa shape index (κ3) is 3.26. The predicted molar refractivity (Wildman–Crippen MR) is 95.5 cm³/mol. The van der Waals surface area contributed by atoms with Crippen LogP contribution in [0, 0.1) is 17.4 Å². The van der Waals surface area contributed by atoms with E-state index in [4.69, 9.17) is 5.26 Å². The summed E-state index contributed by atoms with van der Waals surface area (Å²) >= 11 is 1.49. The molecule has 0 N–H and O–H groups in total. The van der Waals surface area contributed by atoms with Gasteiger partial charge in [0.2, 0.25) is 5.91 Å². The van der Waals surface area contributed by atoms with E-state index in [2.05, 4.69) is 11.2 Å². The molecule has 3 rings (SSSR count). The van der Waals surface area contributed by atoms with Gasteiger partial charge < -0.3 is 4.90 Å². The minimum atomic E-state index is -0.129. The molecule has 1 unspecified atom stereocenters. The Labute approximate surface area is 146 Å². The first-order chi connectivity index (χ1) is 11.6. The molecule has 1 aromatic heterocycles. The average molecular weight is 340 g/mol. The Kier molecular flexibility index (Phi) is 4.81. The molecular weight excluding hydrogens is 320 g/mol. The van der Waals surface area contributed by atoms with E-state index in [1.165, 1.54) is 11.3 Å². The second kappa shape index (κ2) is 7.02. The summed E-state index contributed by atoms with van der Waals surface area (Å²) in [5, 5.41) is 11.7. The van der Waals surface area contributed by atoms with Crippen LogP contribution >= 0.6 is 11.3 Å². The molecule has 124 valence electrons. The Balaban J connectivity index is 1.83. The molecule has 1 saturated heterocycles. The monoisotopic (exact) mass is 340 g/mol. The summed E-state index contributed by atoms with van der Waals surface area (Å²) in [4.78, 5) is 21.1. The first-order valence-electron chi connectivity index (χ1n) is 8.09. The second-order valence-electron chi connectivity index (χ2n) is 6.21. The Hall–Kier alpha value is -2.39. The van der Waals surface area contributed by atoms with Crippen LogP contribution in [0.25, 0.3) is 11.3 Å². The Morgan fingerprint density at radius 3 is 2.79 bits per heavy atom. The first kappa shape index (κ1) is 16.5. The fourth-order valence-corrected chi connectivity index (χ4v) is 3.91. The maximum atomic E-state index is 13.0. The lowest BCUT2D eigenvalue weighted by molar-refractivity contribution is -0.122. The van der Waals surface area contributed by atoms with Gasteiger partial charge in [-0.1, -0.05) is 30.3 Å². The fraction of sp³-hybridized carbons (Fsp3) is 0.389. The molecule has 0 radical (unpaired) electrons. The van der Waals surface area contributed by atoms with E-state index in [0.29, 0.717) is 13.1 Å². The molecule has 24 heavy (non-hydrogen) atoms. The van der Waals surface area contributed by atoms with E-state index in [-0.39, 0.29) is 17.9 Å². The van der Waals surface area contributed by atoms with Crippen molar-refractivity contribution in [1.82, 2.24) is 9.88 Å². The average Bonchev–Trinajstić information content (AvgIpc) is 3.25. The van der Waals surface area contributed by atoms with E-state index in [9.17, 15) is 4.79 Å². The molecule has 0 aliphatic carbocycles. The van der Waals surface area contributed by atoms with Gasteiger partial charge in [0.05, 0.1) is 11.6 Å². The number of likely N-dealkylation sites (tertiary alicyclic amines) is 1. The Morgan fingerprint density at radius 2 is 2.17 bits per heavy atom. The molecule has 1 amide bonds. The summed E-state index contributed by atoms with van der Waals surface area (Å²) in [6.45, 7) is 5.17. The van der Waals surface area contributed by atoms with Crippen LogP contribution in [-0.4, -0.2) is 34.9 Å². The van der Waals surface area contributed by atoms with Gasteiger partial charge in [-0.2, -0.15) is 5.26 Å². The number of aromatic nitrogens is 1. The van der Waals surface area contributed by atoms with Crippen LogP contribution in [-0.2, 0) is 4.79 Å². The number of nitriles is 1. The molecule has 1 aromatic carbocycles. The summed E-state index contributed by atoms with van der Waals surface area (Å²) in [5.74, 6) is -0.0622. The summed E-state index contributed by atoms with van der Waals surface area (Å²) in [5.41, 5.74) is 1.94. The van der Waals surface area contributed by atoms with Gasteiger partial charge in [-0.15, -0.1) is 11.3 Å². The third-order valence-electron chi connectivity index (χ3n) is 4.20. The third-order valence-corrected chi connectivity index (χ3v) is 5.04. The molecule has 1 aliphatic heterocycles. The second-order valence-corrected chi connectivity index (χ2v) is 7.05. The molecule has 5 nitrogen and oxygen atoms in total. The number of benzene rings is 1. The SMILES string of the molecule is CC(C)N(C(=O)C1CCN(C#N)C1)c1nc(-c2ccccc2)cs1. The summed E-state index contributed by atoms with van der Waals surface area (Å²) < 4.78 is 0. The molecule has 1 fully saturated rings. The van der Waals surface area contributed by atoms with Crippen LogP contribution in [0.4, 0.5) is 5.13 Å². The number of hydrogen-bond donors (Lipinski definition) is 0. The van der Waals surface area contributed by atoms with Gasteiger partial charge >= 0.3 is 0 Å². The number of anilines is 1.